The molecule has 2 nitrogen and oxygen atoms in total. The largest absolute Gasteiger partial charge is 0.308 e. The molecule has 1 heterocycles. The lowest BCUT2D eigenvalue weighted by Gasteiger charge is -2.17. The van der Waals surface area contributed by atoms with E-state index in [0.717, 1.165) is 24.6 Å². The number of hydrogen-bond donors (Lipinski definition) is 1. The third-order valence-corrected chi connectivity index (χ3v) is 3.91. The lowest BCUT2D eigenvalue weighted by Crippen LogP contribution is -2.25. The van der Waals surface area contributed by atoms with Gasteiger partial charge in [0.2, 0.25) is 0 Å². The molecule has 1 rings (SSSR count). The number of nitrogens with one attached hydrogen (secondary N) is 1. The zero-order valence-corrected chi connectivity index (χ0v) is 11.7. The lowest BCUT2D eigenvalue weighted by molar-refractivity contribution is 0.424. The van der Waals surface area contributed by atoms with E-state index in [1.54, 1.807) is 11.3 Å². The first-order valence-corrected chi connectivity index (χ1v) is 7.20. The van der Waals surface area contributed by atoms with Gasteiger partial charge in [-0.05, 0) is 32.2 Å². The summed E-state index contributed by atoms with van der Waals surface area (Å²) < 4.78 is 0. The maximum Gasteiger partial charge on any atom is 0.110 e. The summed E-state index contributed by atoms with van der Waals surface area (Å²) in [5.41, 5.74) is 1.14. The zero-order chi connectivity index (χ0) is 12.0. The normalized spacial score (nSPS) is 15.0. The van der Waals surface area contributed by atoms with Gasteiger partial charge in [0.15, 0.2) is 0 Å². The second-order valence-corrected chi connectivity index (χ2v) is 5.48. The summed E-state index contributed by atoms with van der Waals surface area (Å²) in [6.45, 7) is 9.95. The van der Waals surface area contributed by atoms with Gasteiger partial charge in [-0.3, -0.25) is 0 Å². The number of nitrogens with zero attached hydrogens (tertiary/aromatic N) is 1. The van der Waals surface area contributed by atoms with Gasteiger partial charge >= 0.3 is 0 Å². The summed E-state index contributed by atoms with van der Waals surface area (Å²) in [6, 6.07) is 0.443. The van der Waals surface area contributed by atoms with E-state index in [1.807, 2.05) is 0 Å². The zero-order valence-electron chi connectivity index (χ0n) is 10.9. The van der Waals surface area contributed by atoms with Crippen molar-refractivity contribution in [1.82, 2.24) is 10.3 Å². The molecule has 0 spiro atoms. The van der Waals surface area contributed by atoms with Gasteiger partial charge in [0.1, 0.15) is 5.01 Å². The van der Waals surface area contributed by atoms with Crippen molar-refractivity contribution < 1.29 is 0 Å². The molecule has 16 heavy (non-hydrogen) atoms. The van der Waals surface area contributed by atoms with E-state index < -0.39 is 0 Å². The minimum Gasteiger partial charge on any atom is -0.308 e. The highest BCUT2D eigenvalue weighted by Crippen LogP contribution is 2.21. The fourth-order valence-corrected chi connectivity index (χ4v) is 2.83. The summed E-state index contributed by atoms with van der Waals surface area (Å²) >= 11 is 1.77. The van der Waals surface area contributed by atoms with Gasteiger partial charge in [0.05, 0.1) is 6.04 Å². The molecule has 92 valence electrons. The molecule has 1 aromatic heterocycles. The first-order valence-electron chi connectivity index (χ1n) is 6.32. The smallest absolute Gasteiger partial charge is 0.110 e. The van der Waals surface area contributed by atoms with Crippen molar-refractivity contribution in [3.8, 4) is 0 Å². The van der Waals surface area contributed by atoms with Gasteiger partial charge in [0.25, 0.3) is 0 Å². The standard InChI is InChI=1S/C13H24N2S/c1-5-7-10(3)8-14-12(6-2)13-15-11(4)9-16-13/h9-10,12,14H,5-8H2,1-4H3. The van der Waals surface area contributed by atoms with Gasteiger partial charge in [-0.25, -0.2) is 4.98 Å². The Morgan fingerprint density at radius 2 is 2.19 bits per heavy atom. The predicted octanol–water partition coefficient (Wildman–Crippen LogP) is 3.93. The van der Waals surface area contributed by atoms with E-state index in [4.69, 9.17) is 0 Å². The molecule has 0 aliphatic heterocycles. The highest BCUT2D eigenvalue weighted by atomic mass is 32.1. The summed E-state index contributed by atoms with van der Waals surface area (Å²) in [5.74, 6) is 0.764. The van der Waals surface area contributed by atoms with E-state index in [1.165, 1.54) is 17.8 Å². The van der Waals surface area contributed by atoms with Crippen LogP contribution >= 0.6 is 11.3 Å². The van der Waals surface area contributed by atoms with E-state index in [2.05, 4.69) is 43.4 Å². The molecule has 0 aliphatic rings. The molecular formula is C13H24N2S. The molecule has 0 saturated heterocycles. The van der Waals surface area contributed by atoms with Gasteiger partial charge in [-0.15, -0.1) is 11.3 Å². The molecule has 1 aromatic rings. The number of hydrogen-bond acceptors (Lipinski definition) is 3. The maximum atomic E-state index is 4.56. The van der Waals surface area contributed by atoms with Crippen LogP contribution in [0.2, 0.25) is 0 Å². The van der Waals surface area contributed by atoms with Crippen LogP contribution in [-0.2, 0) is 0 Å². The van der Waals surface area contributed by atoms with Gasteiger partial charge in [-0.2, -0.15) is 0 Å². The third-order valence-electron chi connectivity index (χ3n) is 2.84. The number of rotatable bonds is 7. The lowest BCUT2D eigenvalue weighted by atomic mass is 10.1. The summed E-state index contributed by atoms with van der Waals surface area (Å²) in [7, 11) is 0. The van der Waals surface area contributed by atoms with Gasteiger partial charge in [-0.1, -0.05) is 27.2 Å². The third kappa shape index (κ3) is 4.22. The van der Waals surface area contributed by atoms with Crippen LogP contribution in [0.25, 0.3) is 0 Å². The Hall–Kier alpha value is -0.410. The molecule has 0 aromatic carbocycles. The van der Waals surface area contributed by atoms with E-state index in [0.29, 0.717) is 6.04 Å². The van der Waals surface area contributed by atoms with Crippen molar-refractivity contribution in [3.05, 3.63) is 16.1 Å². The van der Waals surface area contributed by atoms with E-state index in [-0.39, 0.29) is 0 Å². The Bertz CT molecular complexity index is 296. The Labute approximate surface area is 103 Å². The predicted molar refractivity (Wildman–Crippen MR) is 72.0 cm³/mol. The van der Waals surface area contributed by atoms with Crippen molar-refractivity contribution in [3.63, 3.8) is 0 Å². The molecule has 0 aliphatic carbocycles. The van der Waals surface area contributed by atoms with Crippen molar-refractivity contribution in [2.24, 2.45) is 5.92 Å². The molecule has 0 amide bonds. The number of thiazole rings is 1. The molecule has 3 heteroatoms. The van der Waals surface area contributed by atoms with Crippen LogP contribution in [0.3, 0.4) is 0 Å². The molecule has 2 atom stereocenters. The van der Waals surface area contributed by atoms with E-state index in [9.17, 15) is 0 Å². The molecule has 2 unspecified atom stereocenters. The molecular weight excluding hydrogens is 216 g/mol. The van der Waals surface area contributed by atoms with Crippen LogP contribution in [-0.4, -0.2) is 11.5 Å². The first kappa shape index (κ1) is 13.7. The Morgan fingerprint density at radius 3 is 2.69 bits per heavy atom. The summed E-state index contributed by atoms with van der Waals surface area (Å²) in [6.07, 6.45) is 3.70. The highest BCUT2D eigenvalue weighted by Gasteiger charge is 2.13. The fraction of sp³-hybridized carbons (Fsp3) is 0.769. The maximum absolute atomic E-state index is 4.56. The van der Waals surface area contributed by atoms with Crippen LogP contribution in [0.15, 0.2) is 5.38 Å². The monoisotopic (exact) mass is 240 g/mol. The average Bonchev–Trinajstić information content (AvgIpc) is 2.66. The highest BCUT2D eigenvalue weighted by molar-refractivity contribution is 7.09. The van der Waals surface area contributed by atoms with Crippen molar-refractivity contribution >= 4 is 11.3 Å². The van der Waals surface area contributed by atoms with Crippen LogP contribution < -0.4 is 5.32 Å². The van der Waals surface area contributed by atoms with Crippen LogP contribution in [0, 0.1) is 12.8 Å². The minimum absolute atomic E-state index is 0.443. The second-order valence-electron chi connectivity index (χ2n) is 4.59. The van der Waals surface area contributed by atoms with Crippen LogP contribution in [0.5, 0.6) is 0 Å². The summed E-state index contributed by atoms with van der Waals surface area (Å²) in [5, 5.41) is 7.01. The fourth-order valence-electron chi connectivity index (χ4n) is 1.88. The SMILES string of the molecule is CCCC(C)CNC(CC)c1nc(C)cs1. The van der Waals surface area contributed by atoms with Crippen molar-refractivity contribution in [1.29, 1.82) is 0 Å². The topological polar surface area (TPSA) is 24.9 Å². The second kappa shape index (κ2) is 7.02. The first-order chi connectivity index (χ1) is 7.67. The number of aryl methyl sites for hydroxylation is 1. The van der Waals surface area contributed by atoms with Crippen LogP contribution in [0.4, 0.5) is 0 Å². The molecule has 0 radical (unpaired) electrons. The Morgan fingerprint density at radius 1 is 1.44 bits per heavy atom. The quantitative estimate of drug-likeness (QED) is 0.781. The van der Waals surface area contributed by atoms with Gasteiger partial charge in [0, 0.05) is 11.1 Å². The molecule has 1 N–H and O–H groups in total. The Kier molecular flexibility index (Phi) is 5.99. The molecule has 0 bridgehead atoms. The molecule has 0 fully saturated rings. The summed E-state index contributed by atoms with van der Waals surface area (Å²) in [4.78, 5) is 4.56. The van der Waals surface area contributed by atoms with Gasteiger partial charge < -0.3 is 5.32 Å². The number of aromatic nitrogens is 1. The van der Waals surface area contributed by atoms with Crippen molar-refractivity contribution in [2.75, 3.05) is 6.54 Å². The van der Waals surface area contributed by atoms with Crippen molar-refractivity contribution in [2.45, 2.75) is 53.0 Å². The Balaban J connectivity index is 2.43. The van der Waals surface area contributed by atoms with Crippen LogP contribution in [0.1, 0.15) is 56.8 Å². The van der Waals surface area contributed by atoms with E-state index >= 15 is 0 Å². The average molecular weight is 240 g/mol. The minimum atomic E-state index is 0.443. The molecule has 0 saturated carbocycles.